The van der Waals surface area contributed by atoms with Crippen molar-refractivity contribution in [2.75, 3.05) is 11.8 Å². The zero-order chi connectivity index (χ0) is 16.9. The zero-order valence-corrected chi connectivity index (χ0v) is 13.8. The molecule has 23 heavy (non-hydrogen) atoms. The molecule has 1 N–H and O–H groups in total. The molecule has 0 heterocycles. The Morgan fingerprint density at radius 2 is 1.78 bits per heavy atom. The van der Waals surface area contributed by atoms with Gasteiger partial charge in [-0.1, -0.05) is 41.9 Å². The highest BCUT2D eigenvalue weighted by atomic mass is 35.5. The minimum Gasteiger partial charge on any atom is -0.465 e. The van der Waals surface area contributed by atoms with E-state index < -0.39 is 16.0 Å². The number of anilines is 1. The molecule has 2 aromatic carbocycles. The average Bonchev–Trinajstić information content (AvgIpc) is 2.53. The van der Waals surface area contributed by atoms with Gasteiger partial charge in [0.2, 0.25) is 0 Å². The molecule has 2 aromatic rings. The van der Waals surface area contributed by atoms with E-state index in [0.717, 1.165) is 5.41 Å². The van der Waals surface area contributed by atoms with Gasteiger partial charge in [0.1, 0.15) is 0 Å². The molecule has 0 fully saturated rings. The molecule has 0 unspecified atom stereocenters. The summed E-state index contributed by atoms with van der Waals surface area (Å²) in [6.07, 6.45) is 1.38. The van der Waals surface area contributed by atoms with Gasteiger partial charge in [-0.25, -0.2) is 13.2 Å². The summed E-state index contributed by atoms with van der Waals surface area (Å²) < 4.78 is 31.3. The number of ether oxygens (including phenoxy) is 1. The van der Waals surface area contributed by atoms with Crippen molar-refractivity contribution in [3.8, 4) is 0 Å². The van der Waals surface area contributed by atoms with Crippen LogP contribution < -0.4 is 4.72 Å². The van der Waals surface area contributed by atoms with Gasteiger partial charge >= 0.3 is 5.97 Å². The van der Waals surface area contributed by atoms with Crippen molar-refractivity contribution >= 4 is 39.4 Å². The van der Waals surface area contributed by atoms with E-state index in [-0.39, 0.29) is 11.3 Å². The number of esters is 1. The molecule has 0 spiro atoms. The molecule has 120 valence electrons. The predicted molar refractivity (Wildman–Crippen MR) is 90.8 cm³/mol. The highest BCUT2D eigenvalue weighted by Gasteiger charge is 2.15. The van der Waals surface area contributed by atoms with Crippen molar-refractivity contribution in [2.45, 2.75) is 0 Å². The van der Waals surface area contributed by atoms with Gasteiger partial charge in [0.15, 0.2) is 0 Å². The lowest BCUT2D eigenvalue weighted by molar-refractivity contribution is 0.0602. The van der Waals surface area contributed by atoms with Crippen LogP contribution in [-0.4, -0.2) is 21.5 Å². The summed E-state index contributed by atoms with van der Waals surface area (Å²) in [5.74, 6) is -0.626. The maximum Gasteiger partial charge on any atom is 0.339 e. The first-order valence-corrected chi connectivity index (χ1v) is 8.48. The van der Waals surface area contributed by atoms with Crippen molar-refractivity contribution in [1.82, 2.24) is 0 Å². The number of nitrogens with one attached hydrogen (secondary N) is 1. The fourth-order valence-electron chi connectivity index (χ4n) is 1.82. The SMILES string of the molecule is COC(=O)c1ccccc1NS(=O)(=O)C=Cc1ccccc1Cl. The molecule has 0 saturated heterocycles. The molecule has 0 saturated carbocycles. The Hall–Kier alpha value is -2.31. The number of sulfonamides is 1. The first kappa shape index (κ1) is 17.1. The van der Waals surface area contributed by atoms with E-state index in [1.165, 1.54) is 25.3 Å². The number of carbonyl (C=O) groups excluding carboxylic acids is 1. The minimum absolute atomic E-state index is 0.129. The average molecular weight is 352 g/mol. The second kappa shape index (κ2) is 7.30. The molecule has 0 radical (unpaired) electrons. The van der Waals surface area contributed by atoms with Crippen LogP contribution in [0.3, 0.4) is 0 Å². The largest absolute Gasteiger partial charge is 0.465 e. The topological polar surface area (TPSA) is 72.5 Å². The zero-order valence-electron chi connectivity index (χ0n) is 12.2. The van der Waals surface area contributed by atoms with Gasteiger partial charge in [-0.3, -0.25) is 4.72 Å². The van der Waals surface area contributed by atoms with Crippen LogP contribution >= 0.6 is 11.6 Å². The number of hydrogen-bond donors (Lipinski definition) is 1. The number of methoxy groups -OCH3 is 1. The Bertz CT molecular complexity index is 847. The van der Waals surface area contributed by atoms with Crippen molar-refractivity contribution < 1.29 is 17.9 Å². The van der Waals surface area contributed by atoms with Crippen LogP contribution in [0.25, 0.3) is 6.08 Å². The standard InChI is InChI=1S/C16H14ClNO4S/c1-22-16(19)13-7-3-5-9-15(13)18-23(20,21)11-10-12-6-2-4-8-14(12)17/h2-11,18H,1H3. The first-order valence-electron chi connectivity index (χ1n) is 6.56. The third kappa shape index (κ3) is 4.58. The lowest BCUT2D eigenvalue weighted by Gasteiger charge is -2.09. The number of rotatable bonds is 5. The lowest BCUT2D eigenvalue weighted by Crippen LogP contribution is -2.13. The van der Waals surface area contributed by atoms with E-state index in [4.69, 9.17) is 11.6 Å². The van der Waals surface area contributed by atoms with Crippen LogP contribution in [0.15, 0.2) is 53.9 Å². The van der Waals surface area contributed by atoms with E-state index in [9.17, 15) is 13.2 Å². The second-order valence-electron chi connectivity index (χ2n) is 4.51. The third-order valence-corrected chi connectivity index (χ3v) is 4.26. The Kier molecular flexibility index (Phi) is 5.41. The summed E-state index contributed by atoms with van der Waals surface area (Å²) >= 11 is 5.97. The maximum atomic E-state index is 12.2. The molecule has 0 atom stereocenters. The fourth-order valence-corrected chi connectivity index (χ4v) is 2.90. The number of halogens is 1. The second-order valence-corrected chi connectivity index (χ2v) is 6.48. The van der Waals surface area contributed by atoms with Gasteiger partial charge in [-0.2, -0.15) is 0 Å². The molecule has 2 rings (SSSR count). The van der Waals surface area contributed by atoms with E-state index in [0.29, 0.717) is 10.6 Å². The predicted octanol–water partition coefficient (Wildman–Crippen LogP) is 3.54. The van der Waals surface area contributed by atoms with Crippen LogP contribution in [0.4, 0.5) is 5.69 Å². The number of benzene rings is 2. The molecule has 0 amide bonds. The van der Waals surface area contributed by atoms with E-state index >= 15 is 0 Å². The Morgan fingerprint density at radius 1 is 1.13 bits per heavy atom. The third-order valence-electron chi connectivity index (χ3n) is 2.92. The normalized spacial score (nSPS) is 11.4. The van der Waals surface area contributed by atoms with E-state index in [1.807, 2.05) is 0 Å². The molecule has 0 aliphatic heterocycles. The van der Waals surface area contributed by atoms with Gasteiger partial charge in [-0.05, 0) is 29.8 Å². The summed E-state index contributed by atoms with van der Waals surface area (Å²) in [5.41, 5.74) is 0.841. The maximum absolute atomic E-state index is 12.2. The Morgan fingerprint density at radius 3 is 2.48 bits per heavy atom. The quantitative estimate of drug-likeness (QED) is 0.836. The minimum atomic E-state index is -3.81. The lowest BCUT2D eigenvalue weighted by atomic mass is 10.2. The smallest absolute Gasteiger partial charge is 0.339 e. The molecule has 0 aliphatic carbocycles. The van der Waals surface area contributed by atoms with Crippen LogP contribution in [0.5, 0.6) is 0 Å². The van der Waals surface area contributed by atoms with Gasteiger partial charge in [0.05, 0.1) is 23.8 Å². The van der Waals surface area contributed by atoms with Crippen LogP contribution in [0.1, 0.15) is 15.9 Å². The molecule has 0 bridgehead atoms. The van der Waals surface area contributed by atoms with Gasteiger partial charge in [0, 0.05) is 5.02 Å². The van der Waals surface area contributed by atoms with E-state index in [2.05, 4.69) is 9.46 Å². The van der Waals surface area contributed by atoms with Gasteiger partial charge in [0.25, 0.3) is 10.0 Å². The van der Waals surface area contributed by atoms with Crippen molar-refractivity contribution in [2.24, 2.45) is 0 Å². The molecule has 0 aliphatic rings. The number of carbonyl (C=O) groups is 1. The highest BCUT2D eigenvalue weighted by molar-refractivity contribution is 7.95. The summed E-state index contributed by atoms with van der Waals surface area (Å²) in [4.78, 5) is 11.7. The summed E-state index contributed by atoms with van der Waals surface area (Å²) in [5, 5.41) is 1.43. The Labute approximate surface area is 139 Å². The van der Waals surface area contributed by atoms with Crippen LogP contribution in [0, 0.1) is 0 Å². The first-order chi connectivity index (χ1) is 10.9. The van der Waals surface area contributed by atoms with Crippen molar-refractivity contribution in [1.29, 1.82) is 0 Å². The van der Waals surface area contributed by atoms with Crippen LogP contribution in [-0.2, 0) is 14.8 Å². The van der Waals surface area contributed by atoms with Gasteiger partial charge in [-0.15, -0.1) is 0 Å². The number of para-hydroxylation sites is 1. The molecule has 5 nitrogen and oxygen atoms in total. The fraction of sp³-hybridized carbons (Fsp3) is 0.0625. The molecular weight excluding hydrogens is 338 g/mol. The highest BCUT2D eigenvalue weighted by Crippen LogP contribution is 2.20. The molecular formula is C16H14ClNO4S. The molecule has 0 aromatic heterocycles. The summed E-state index contributed by atoms with van der Waals surface area (Å²) in [7, 11) is -2.58. The van der Waals surface area contributed by atoms with Crippen molar-refractivity contribution in [3.63, 3.8) is 0 Å². The monoisotopic (exact) mass is 351 g/mol. The van der Waals surface area contributed by atoms with Gasteiger partial charge < -0.3 is 4.74 Å². The van der Waals surface area contributed by atoms with E-state index in [1.54, 1.807) is 36.4 Å². The molecule has 7 heteroatoms. The summed E-state index contributed by atoms with van der Waals surface area (Å²) in [6, 6.07) is 13.0. The summed E-state index contributed by atoms with van der Waals surface area (Å²) in [6.45, 7) is 0. The van der Waals surface area contributed by atoms with Crippen LogP contribution in [0.2, 0.25) is 5.02 Å². The van der Waals surface area contributed by atoms with Crippen molar-refractivity contribution in [3.05, 3.63) is 70.1 Å². The number of hydrogen-bond acceptors (Lipinski definition) is 4. The Balaban J connectivity index is 2.26.